The van der Waals surface area contributed by atoms with E-state index in [9.17, 15) is 4.79 Å². The van der Waals surface area contributed by atoms with Gasteiger partial charge in [-0.2, -0.15) is 0 Å². The molecule has 1 atom stereocenters. The van der Waals surface area contributed by atoms with Crippen molar-refractivity contribution in [2.24, 2.45) is 0 Å². The standard InChI is InChI=1S/C22H20Cl3N5OS2/c23-22(24,25)19(28-18(31)11-8-14-6-9-15(26)10-7-14)29-12-3-13-30(21(29)32)20-27-16-4-1-2-5-17(16)33-20/h1-2,4-11,19H,3,12-13,26H2,(H,28,31)/b11-8+. The van der Waals surface area contributed by atoms with Gasteiger partial charge in [0.15, 0.2) is 16.4 Å². The van der Waals surface area contributed by atoms with Gasteiger partial charge in [-0.3, -0.25) is 9.69 Å². The first-order valence-corrected chi connectivity index (χ1v) is 12.4. The number of carbonyl (C=O) groups is 1. The van der Waals surface area contributed by atoms with E-state index in [4.69, 9.17) is 57.7 Å². The fraction of sp³-hybridized carbons (Fsp3) is 0.227. The zero-order valence-electron chi connectivity index (χ0n) is 17.2. The number of nitrogens with zero attached hydrogens (tertiary/aromatic N) is 3. The predicted molar refractivity (Wildman–Crippen MR) is 143 cm³/mol. The highest BCUT2D eigenvalue weighted by atomic mass is 35.6. The number of para-hydroxylation sites is 1. The number of aromatic nitrogens is 1. The van der Waals surface area contributed by atoms with Gasteiger partial charge in [-0.25, -0.2) is 4.98 Å². The molecule has 6 nitrogen and oxygen atoms in total. The summed E-state index contributed by atoms with van der Waals surface area (Å²) in [5.74, 6) is -0.414. The number of nitrogen functional groups attached to an aromatic ring is 1. The van der Waals surface area contributed by atoms with Crippen LogP contribution >= 0.6 is 58.4 Å². The largest absolute Gasteiger partial charge is 0.399 e. The first-order chi connectivity index (χ1) is 15.7. The van der Waals surface area contributed by atoms with Gasteiger partial charge in [0.25, 0.3) is 0 Å². The number of alkyl halides is 3. The summed E-state index contributed by atoms with van der Waals surface area (Å²) in [6.45, 7) is 1.22. The third kappa shape index (κ3) is 5.70. The van der Waals surface area contributed by atoms with E-state index in [1.165, 1.54) is 6.08 Å². The number of thiazole rings is 1. The van der Waals surface area contributed by atoms with E-state index in [0.29, 0.717) is 23.9 Å². The molecule has 3 N–H and O–H groups in total. The van der Waals surface area contributed by atoms with E-state index in [2.05, 4.69) is 5.32 Å². The van der Waals surface area contributed by atoms with E-state index in [1.807, 2.05) is 29.2 Å². The molecule has 0 bridgehead atoms. The number of halogens is 3. The Hall–Kier alpha value is -2.10. The van der Waals surface area contributed by atoms with E-state index in [1.54, 1.807) is 46.6 Å². The fourth-order valence-electron chi connectivity index (χ4n) is 3.44. The molecule has 1 amide bonds. The van der Waals surface area contributed by atoms with Crippen molar-refractivity contribution in [3.8, 4) is 0 Å². The minimum Gasteiger partial charge on any atom is -0.399 e. The zero-order chi connectivity index (χ0) is 23.6. The maximum Gasteiger partial charge on any atom is 0.245 e. The number of hydrogen-bond acceptors (Lipinski definition) is 5. The van der Waals surface area contributed by atoms with Crippen molar-refractivity contribution >= 4 is 96.5 Å². The third-order valence-corrected chi connectivity index (χ3v) is 7.17. The SMILES string of the molecule is Nc1ccc(/C=C/C(=O)NC(N2CCCN(c3nc4ccccc4s3)C2=S)C(Cl)(Cl)Cl)cc1. The molecule has 0 saturated carbocycles. The number of anilines is 2. The number of thiocarbonyl (C=S) groups is 1. The molecule has 4 rings (SSSR count). The van der Waals surface area contributed by atoms with Crippen LogP contribution in [-0.2, 0) is 4.79 Å². The number of hydrogen-bond donors (Lipinski definition) is 2. The summed E-state index contributed by atoms with van der Waals surface area (Å²) >= 11 is 26.1. The summed E-state index contributed by atoms with van der Waals surface area (Å²) in [5.41, 5.74) is 8.06. The van der Waals surface area contributed by atoms with Gasteiger partial charge in [0.1, 0.15) is 0 Å². The molecule has 2 aromatic carbocycles. The molecule has 33 heavy (non-hydrogen) atoms. The Kier molecular flexibility index (Phi) is 7.31. The highest BCUT2D eigenvalue weighted by Gasteiger charge is 2.42. The smallest absolute Gasteiger partial charge is 0.245 e. The van der Waals surface area contributed by atoms with Gasteiger partial charge in [0.05, 0.1) is 10.2 Å². The van der Waals surface area contributed by atoms with Crippen molar-refractivity contribution in [1.82, 2.24) is 15.2 Å². The van der Waals surface area contributed by atoms with Crippen LogP contribution in [-0.4, -0.2) is 44.0 Å². The van der Waals surface area contributed by atoms with Crippen molar-refractivity contribution in [2.75, 3.05) is 23.7 Å². The quantitative estimate of drug-likeness (QED) is 0.200. The van der Waals surface area contributed by atoms with Crippen LogP contribution in [0.2, 0.25) is 0 Å². The Balaban J connectivity index is 1.52. The summed E-state index contributed by atoms with van der Waals surface area (Å²) in [4.78, 5) is 21.0. The van der Waals surface area contributed by atoms with Crippen LogP contribution in [0.1, 0.15) is 12.0 Å². The summed E-state index contributed by atoms with van der Waals surface area (Å²) in [6, 6.07) is 15.0. The Morgan fingerprint density at radius 3 is 2.61 bits per heavy atom. The molecule has 3 aromatic rings. The van der Waals surface area contributed by atoms with Crippen LogP contribution in [0.15, 0.2) is 54.6 Å². The van der Waals surface area contributed by atoms with Crippen molar-refractivity contribution < 1.29 is 4.79 Å². The second-order valence-corrected chi connectivity index (χ2v) is 11.1. The molecule has 1 fully saturated rings. The molecule has 1 aliphatic heterocycles. The number of benzene rings is 2. The molecular weight excluding hydrogens is 521 g/mol. The maximum absolute atomic E-state index is 12.7. The molecule has 2 heterocycles. The van der Waals surface area contributed by atoms with Gasteiger partial charge in [-0.15, -0.1) is 0 Å². The normalized spacial score (nSPS) is 15.9. The minimum atomic E-state index is -1.81. The Morgan fingerprint density at radius 2 is 1.91 bits per heavy atom. The first-order valence-electron chi connectivity index (χ1n) is 10.1. The summed E-state index contributed by atoms with van der Waals surface area (Å²) in [5, 5.41) is 4.00. The van der Waals surface area contributed by atoms with Gasteiger partial charge >= 0.3 is 0 Å². The lowest BCUT2D eigenvalue weighted by molar-refractivity contribution is -0.117. The van der Waals surface area contributed by atoms with Crippen molar-refractivity contribution in [1.29, 1.82) is 0 Å². The van der Waals surface area contributed by atoms with Crippen LogP contribution in [0.25, 0.3) is 16.3 Å². The number of nitrogens with two attached hydrogens (primary N) is 1. The monoisotopic (exact) mass is 539 g/mol. The molecule has 11 heteroatoms. The van der Waals surface area contributed by atoms with Gasteiger partial charge in [-0.05, 0) is 54.5 Å². The van der Waals surface area contributed by atoms with Crippen LogP contribution in [0.4, 0.5) is 10.8 Å². The summed E-state index contributed by atoms with van der Waals surface area (Å²) < 4.78 is -0.753. The summed E-state index contributed by atoms with van der Waals surface area (Å²) in [7, 11) is 0. The maximum atomic E-state index is 12.7. The van der Waals surface area contributed by atoms with Crippen molar-refractivity contribution in [3.05, 3.63) is 60.2 Å². The fourth-order valence-corrected chi connectivity index (χ4v) is 5.38. The highest BCUT2D eigenvalue weighted by molar-refractivity contribution is 7.80. The van der Waals surface area contributed by atoms with Gasteiger partial charge in [-0.1, -0.05) is 70.4 Å². The number of nitrogens with one attached hydrogen (secondary N) is 1. The lowest BCUT2D eigenvalue weighted by Crippen LogP contribution is -2.62. The summed E-state index contributed by atoms with van der Waals surface area (Å²) in [6.07, 6.45) is 2.83. The molecule has 0 aliphatic carbocycles. The van der Waals surface area contributed by atoms with Gasteiger partial charge < -0.3 is 16.0 Å². The van der Waals surface area contributed by atoms with Crippen LogP contribution < -0.4 is 16.0 Å². The topological polar surface area (TPSA) is 74.5 Å². The van der Waals surface area contributed by atoms with Crippen molar-refractivity contribution in [3.63, 3.8) is 0 Å². The molecule has 1 unspecified atom stereocenters. The molecule has 1 saturated heterocycles. The molecular formula is C22H20Cl3N5OS2. The first kappa shape index (κ1) is 24.0. The van der Waals surface area contributed by atoms with E-state index in [-0.39, 0.29) is 0 Å². The van der Waals surface area contributed by atoms with Crippen LogP contribution in [0.3, 0.4) is 0 Å². The second-order valence-electron chi connectivity index (χ2n) is 7.40. The average Bonchev–Trinajstić information content (AvgIpc) is 3.21. The average molecular weight is 541 g/mol. The van der Waals surface area contributed by atoms with Crippen LogP contribution in [0.5, 0.6) is 0 Å². The highest BCUT2D eigenvalue weighted by Crippen LogP contribution is 2.36. The van der Waals surface area contributed by atoms with Gasteiger partial charge in [0.2, 0.25) is 9.70 Å². The van der Waals surface area contributed by atoms with E-state index in [0.717, 1.165) is 27.3 Å². The van der Waals surface area contributed by atoms with Crippen LogP contribution in [0, 0.1) is 0 Å². The molecule has 0 radical (unpaired) electrons. The van der Waals surface area contributed by atoms with E-state index < -0.39 is 15.9 Å². The lowest BCUT2D eigenvalue weighted by atomic mass is 10.2. The third-order valence-electron chi connectivity index (χ3n) is 5.04. The molecule has 0 spiro atoms. The number of amides is 1. The Morgan fingerprint density at radius 1 is 1.18 bits per heavy atom. The number of rotatable bonds is 5. The Labute approximate surface area is 215 Å². The molecule has 1 aromatic heterocycles. The number of carbonyl (C=O) groups excluding carboxylic acids is 1. The minimum absolute atomic E-state index is 0.414. The predicted octanol–water partition coefficient (Wildman–Crippen LogP) is 5.20. The molecule has 1 aliphatic rings. The second kappa shape index (κ2) is 10.0. The zero-order valence-corrected chi connectivity index (χ0v) is 21.2. The number of fused-ring (bicyclic) bond motifs is 1. The Bertz CT molecular complexity index is 1160. The van der Waals surface area contributed by atoms with E-state index >= 15 is 0 Å². The molecule has 172 valence electrons. The van der Waals surface area contributed by atoms with Crippen molar-refractivity contribution in [2.45, 2.75) is 16.4 Å². The van der Waals surface area contributed by atoms with Gasteiger partial charge in [0, 0.05) is 24.9 Å². The lowest BCUT2D eigenvalue weighted by Gasteiger charge is -2.43.